The van der Waals surface area contributed by atoms with Crippen LogP contribution in [0.4, 0.5) is 5.69 Å². The van der Waals surface area contributed by atoms with Crippen LogP contribution in [0.1, 0.15) is 12.0 Å². The van der Waals surface area contributed by atoms with Crippen LogP contribution in [0.5, 0.6) is 0 Å². The third-order valence-corrected chi connectivity index (χ3v) is 6.90. The van der Waals surface area contributed by atoms with Crippen LogP contribution in [-0.2, 0) is 14.6 Å². The number of hydrogen-bond acceptors (Lipinski definition) is 7. The van der Waals surface area contributed by atoms with E-state index in [-0.39, 0.29) is 26.4 Å². The number of para-hydroxylation sites is 1. The Morgan fingerprint density at radius 3 is 2.71 bits per heavy atom. The zero-order valence-corrected chi connectivity index (χ0v) is 14.7. The van der Waals surface area contributed by atoms with Crippen molar-refractivity contribution in [1.29, 1.82) is 0 Å². The molecule has 0 radical (unpaired) electrons. The highest BCUT2D eigenvalue weighted by molar-refractivity contribution is 8.26. The Labute approximate surface area is 147 Å². The van der Waals surface area contributed by atoms with Gasteiger partial charge in [0.1, 0.15) is 4.32 Å². The van der Waals surface area contributed by atoms with E-state index >= 15 is 0 Å². The number of nitrogens with zero attached hydrogens (tertiary/aromatic N) is 2. The molecule has 1 amide bonds. The molecule has 3 rings (SSSR count). The Bertz CT molecular complexity index is 878. The van der Waals surface area contributed by atoms with Gasteiger partial charge in [-0.05, 0) is 18.6 Å². The molecule has 1 atom stereocenters. The molecule has 0 saturated carbocycles. The zero-order chi connectivity index (χ0) is 17.5. The van der Waals surface area contributed by atoms with Crippen LogP contribution >= 0.6 is 24.0 Å². The molecule has 2 saturated heterocycles. The fourth-order valence-corrected chi connectivity index (χ4v) is 5.78. The van der Waals surface area contributed by atoms with E-state index in [1.807, 2.05) is 0 Å². The molecule has 126 valence electrons. The van der Waals surface area contributed by atoms with E-state index in [2.05, 4.69) is 0 Å². The Kier molecular flexibility index (Phi) is 4.45. The third-order valence-electron chi connectivity index (χ3n) is 3.82. The first-order valence-corrected chi connectivity index (χ1v) is 10.0. The maximum Gasteiger partial charge on any atom is 0.276 e. The van der Waals surface area contributed by atoms with Crippen LogP contribution in [0, 0.1) is 10.1 Å². The van der Waals surface area contributed by atoms with Gasteiger partial charge in [0, 0.05) is 6.07 Å². The van der Waals surface area contributed by atoms with E-state index in [4.69, 9.17) is 12.2 Å². The Hall–Kier alpha value is -1.78. The van der Waals surface area contributed by atoms with E-state index in [0.717, 1.165) is 11.8 Å². The molecule has 1 unspecified atom stereocenters. The lowest BCUT2D eigenvalue weighted by Gasteiger charge is -2.20. The van der Waals surface area contributed by atoms with E-state index in [1.165, 1.54) is 17.0 Å². The monoisotopic (exact) mass is 384 g/mol. The van der Waals surface area contributed by atoms with Crippen LogP contribution < -0.4 is 0 Å². The molecule has 10 heteroatoms. The first-order valence-electron chi connectivity index (χ1n) is 6.99. The minimum absolute atomic E-state index is 0.0396. The van der Waals surface area contributed by atoms with Crippen molar-refractivity contribution in [2.24, 2.45) is 0 Å². The van der Waals surface area contributed by atoms with E-state index in [1.54, 1.807) is 18.2 Å². The number of carbonyl (C=O) groups excluding carboxylic acids is 1. The number of rotatable bonds is 3. The summed E-state index contributed by atoms with van der Waals surface area (Å²) in [6, 6.07) is 5.63. The number of thiocarbonyl (C=S) groups is 1. The van der Waals surface area contributed by atoms with Gasteiger partial charge in [-0.2, -0.15) is 0 Å². The summed E-state index contributed by atoms with van der Waals surface area (Å²) in [7, 11) is -3.15. The number of thioether (sulfide) groups is 1. The summed E-state index contributed by atoms with van der Waals surface area (Å²) in [4.78, 5) is 24.7. The van der Waals surface area contributed by atoms with Gasteiger partial charge >= 0.3 is 0 Å². The number of amides is 1. The van der Waals surface area contributed by atoms with Gasteiger partial charge in [-0.1, -0.05) is 36.1 Å². The third kappa shape index (κ3) is 3.21. The fourth-order valence-electron chi connectivity index (χ4n) is 2.69. The zero-order valence-electron chi connectivity index (χ0n) is 12.2. The molecule has 2 aliphatic heterocycles. The number of hydrogen-bond donors (Lipinski definition) is 0. The van der Waals surface area contributed by atoms with Crippen molar-refractivity contribution in [3.63, 3.8) is 0 Å². The Balaban J connectivity index is 1.91. The van der Waals surface area contributed by atoms with Crippen molar-refractivity contribution in [2.45, 2.75) is 12.5 Å². The highest BCUT2D eigenvalue weighted by atomic mass is 32.2. The standard InChI is InChI=1S/C14H12N2O5S3/c17-13-12(7-9-3-1-2-4-11(9)16(18)19)23-14(22)15(13)10-5-6-24(20,21)8-10/h1-4,7,10H,5-6,8H2/b12-7-. The summed E-state index contributed by atoms with van der Waals surface area (Å²) in [6.45, 7) is 0. The highest BCUT2D eigenvalue weighted by Crippen LogP contribution is 2.37. The lowest BCUT2D eigenvalue weighted by atomic mass is 10.1. The first kappa shape index (κ1) is 17.1. The molecule has 0 aromatic heterocycles. The molecular formula is C14H12N2O5S3. The van der Waals surface area contributed by atoms with E-state index in [0.29, 0.717) is 12.0 Å². The number of benzene rings is 1. The van der Waals surface area contributed by atoms with Gasteiger partial charge in [0.05, 0.1) is 32.9 Å². The van der Waals surface area contributed by atoms with Gasteiger partial charge in [0.2, 0.25) is 0 Å². The number of nitro benzene ring substituents is 1. The molecule has 0 spiro atoms. The summed E-state index contributed by atoms with van der Waals surface area (Å²) < 4.78 is 23.5. The highest BCUT2D eigenvalue weighted by Gasteiger charge is 2.42. The number of sulfone groups is 1. The molecule has 2 fully saturated rings. The van der Waals surface area contributed by atoms with Gasteiger partial charge in [-0.15, -0.1) is 0 Å². The molecule has 2 heterocycles. The Morgan fingerprint density at radius 1 is 1.38 bits per heavy atom. The SMILES string of the molecule is O=C1/C(=C/c2ccccc2[N+](=O)[O-])SC(=S)N1C1CCS(=O)(=O)C1. The Morgan fingerprint density at radius 2 is 2.08 bits per heavy atom. The summed E-state index contributed by atoms with van der Waals surface area (Å²) in [5.41, 5.74) is 0.202. The molecule has 0 N–H and O–H groups in total. The largest absolute Gasteiger partial charge is 0.289 e. The average Bonchev–Trinajstić information content (AvgIpc) is 2.99. The van der Waals surface area contributed by atoms with Crippen molar-refractivity contribution in [3.8, 4) is 0 Å². The maximum atomic E-state index is 12.6. The smallest absolute Gasteiger partial charge is 0.276 e. The molecule has 24 heavy (non-hydrogen) atoms. The predicted molar refractivity (Wildman–Crippen MR) is 95.2 cm³/mol. The maximum absolute atomic E-state index is 12.6. The van der Waals surface area contributed by atoms with Gasteiger partial charge in [-0.3, -0.25) is 19.8 Å². The molecule has 0 bridgehead atoms. The van der Waals surface area contributed by atoms with Crippen LogP contribution in [0.2, 0.25) is 0 Å². The van der Waals surface area contributed by atoms with Crippen LogP contribution in [-0.4, -0.2) is 46.0 Å². The second kappa shape index (κ2) is 6.26. The molecule has 7 nitrogen and oxygen atoms in total. The molecule has 2 aliphatic rings. The van der Waals surface area contributed by atoms with Crippen molar-refractivity contribution in [1.82, 2.24) is 4.90 Å². The van der Waals surface area contributed by atoms with Gasteiger partial charge < -0.3 is 0 Å². The second-order valence-corrected chi connectivity index (χ2v) is 9.33. The lowest BCUT2D eigenvalue weighted by Crippen LogP contribution is -2.39. The fraction of sp³-hybridized carbons (Fsp3) is 0.286. The summed E-state index contributed by atoms with van der Waals surface area (Å²) in [5, 5.41) is 11.1. The second-order valence-electron chi connectivity index (χ2n) is 5.42. The lowest BCUT2D eigenvalue weighted by molar-refractivity contribution is -0.385. The first-order chi connectivity index (χ1) is 11.3. The van der Waals surface area contributed by atoms with Crippen LogP contribution in [0.25, 0.3) is 6.08 Å². The van der Waals surface area contributed by atoms with Crippen molar-refractivity contribution in [2.75, 3.05) is 11.5 Å². The number of nitro groups is 1. The van der Waals surface area contributed by atoms with Crippen LogP contribution in [0.3, 0.4) is 0 Å². The number of carbonyl (C=O) groups is 1. The quantitative estimate of drug-likeness (QED) is 0.340. The normalized spacial score (nSPS) is 24.8. The minimum Gasteiger partial charge on any atom is -0.289 e. The van der Waals surface area contributed by atoms with Gasteiger partial charge in [0.15, 0.2) is 9.84 Å². The molecule has 0 aliphatic carbocycles. The predicted octanol–water partition coefficient (Wildman–Crippen LogP) is 1.98. The topological polar surface area (TPSA) is 97.6 Å². The van der Waals surface area contributed by atoms with E-state index < -0.39 is 26.7 Å². The van der Waals surface area contributed by atoms with Crippen molar-refractivity contribution in [3.05, 3.63) is 44.8 Å². The summed E-state index contributed by atoms with van der Waals surface area (Å²) in [6.07, 6.45) is 1.79. The molecule has 1 aromatic rings. The summed E-state index contributed by atoms with van der Waals surface area (Å²) in [5.74, 6) is -0.457. The summed E-state index contributed by atoms with van der Waals surface area (Å²) >= 11 is 6.24. The van der Waals surface area contributed by atoms with E-state index in [9.17, 15) is 23.3 Å². The minimum atomic E-state index is -3.15. The van der Waals surface area contributed by atoms with Crippen LogP contribution in [0.15, 0.2) is 29.2 Å². The average molecular weight is 384 g/mol. The van der Waals surface area contributed by atoms with Gasteiger partial charge in [-0.25, -0.2) is 8.42 Å². The van der Waals surface area contributed by atoms with Crippen molar-refractivity contribution < 1.29 is 18.1 Å². The molecular weight excluding hydrogens is 372 g/mol. The van der Waals surface area contributed by atoms with Crippen molar-refractivity contribution >= 4 is 55.8 Å². The van der Waals surface area contributed by atoms with Gasteiger partial charge in [0.25, 0.3) is 11.6 Å². The molecule has 1 aromatic carbocycles.